The molecule has 0 aliphatic carbocycles. The Morgan fingerprint density at radius 3 is 2.83 bits per heavy atom. The van der Waals surface area contributed by atoms with E-state index in [0.29, 0.717) is 28.9 Å². The maximum atomic E-state index is 12.9. The van der Waals surface area contributed by atoms with Gasteiger partial charge in [0.2, 0.25) is 0 Å². The molecule has 0 saturated carbocycles. The highest BCUT2D eigenvalue weighted by Gasteiger charge is 2.21. The molecule has 0 bridgehead atoms. The fraction of sp³-hybridized carbons (Fsp3) is 0.176. The summed E-state index contributed by atoms with van der Waals surface area (Å²) in [5, 5.41) is 1.19. The van der Waals surface area contributed by atoms with E-state index in [9.17, 15) is 4.79 Å². The van der Waals surface area contributed by atoms with E-state index in [0.717, 1.165) is 10.2 Å². The summed E-state index contributed by atoms with van der Waals surface area (Å²) in [5.74, 6) is -0.136. The molecule has 0 fully saturated rings. The maximum absolute atomic E-state index is 12.9. The Morgan fingerprint density at radius 2 is 2.09 bits per heavy atom. The second-order valence-electron chi connectivity index (χ2n) is 4.92. The van der Waals surface area contributed by atoms with Crippen LogP contribution in [0.1, 0.15) is 10.4 Å². The lowest BCUT2D eigenvalue weighted by atomic mass is 10.2. The van der Waals surface area contributed by atoms with Crippen molar-refractivity contribution in [3.63, 3.8) is 0 Å². The van der Waals surface area contributed by atoms with Crippen LogP contribution in [0.25, 0.3) is 10.2 Å². The molecule has 1 heterocycles. The van der Waals surface area contributed by atoms with Gasteiger partial charge in [0.05, 0.1) is 23.4 Å². The van der Waals surface area contributed by atoms with Gasteiger partial charge in [0.1, 0.15) is 0 Å². The van der Waals surface area contributed by atoms with Gasteiger partial charge in [-0.15, -0.1) is 0 Å². The minimum atomic E-state index is -0.136. The largest absolute Gasteiger partial charge is 0.383 e. The van der Waals surface area contributed by atoms with Crippen LogP contribution in [-0.2, 0) is 4.74 Å². The van der Waals surface area contributed by atoms with Crippen molar-refractivity contribution in [2.45, 2.75) is 0 Å². The summed E-state index contributed by atoms with van der Waals surface area (Å²) in [7, 11) is 1.61. The number of ether oxygens (including phenoxy) is 1. The number of hydrogen-bond acceptors (Lipinski definition) is 4. The van der Waals surface area contributed by atoms with Crippen LogP contribution >= 0.6 is 22.9 Å². The van der Waals surface area contributed by atoms with Crippen molar-refractivity contribution in [1.29, 1.82) is 0 Å². The average Bonchev–Trinajstić information content (AvgIpc) is 2.98. The Morgan fingerprint density at radius 1 is 1.26 bits per heavy atom. The van der Waals surface area contributed by atoms with Gasteiger partial charge >= 0.3 is 0 Å². The zero-order valence-corrected chi connectivity index (χ0v) is 14.1. The fourth-order valence-electron chi connectivity index (χ4n) is 2.22. The van der Waals surface area contributed by atoms with E-state index in [-0.39, 0.29) is 5.91 Å². The van der Waals surface area contributed by atoms with Crippen LogP contribution < -0.4 is 4.90 Å². The minimum absolute atomic E-state index is 0.136. The predicted octanol–water partition coefficient (Wildman–Crippen LogP) is 4.24. The van der Waals surface area contributed by atoms with Crippen molar-refractivity contribution in [2.75, 3.05) is 25.2 Å². The number of para-hydroxylation sites is 1. The van der Waals surface area contributed by atoms with Crippen LogP contribution in [0, 0.1) is 0 Å². The lowest BCUT2D eigenvalue weighted by Crippen LogP contribution is -2.33. The molecule has 0 aliphatic heterocycles. The van der Waals surface area contributed by atoms with E-state index < -0.39 is 0 Å². The van der Waals surface area contributed by atoms with E-state index in [4.69, 9.17) is 16.3 Å². The number of nitrogens with zero attached hydrogens (tertiary/aromatic N) is 2. The number of halogens is 1. The number of rotatable bonds is 5. The van der Waals surface area contributed by atoms with Crippen LogP contribution in [-0.4, -0.2) is 31.2 Å². The van der Waals surface area contributed by atoms with Gasteiger partial charge < -0.3 is 4.74 Å². The topological polar surface area (TPSA) is 42.4 Å². The summed E-state index contributed by atoms with van der Waals surface area (Å²) in [6.45, 7) is 0.865. The number of fused-ring (bicyclic) bond motifs is 1. The molecule has 3 aromatic rings. The minimum Gasteiger partial charge on any atom is -0.383 e. The number of carbonyl (C=O) groups excluding carboxylic acids is 1. The van der Waals surface area contributed by atoms with Crippen LogP contribution in [0.4, 0.5) is 5.13 Å². The zero-order valence-electron chi connectivity index (χ0n) is 12.5. The summed E-state index contributed by atoms with van der Waals surface area (Å²) in [6, 6.07) is 14.8. The van der Waals surface area contributed by atoms with Crippen LogP contribution in [0.15, 0.2) is 48.5 Å². The fourth-order valence-corrected chi connectivity index (χ4v) is 3.40. The summed E-state index contributed by atoms with van der Waals surface area (Å²) >= 11 is 7.49. The van der Waals surface area contributed by atoms with Gasteiger partial charge in [0.25, 0.3) is 5.91 Å². The molecular weight excluding hydrogens is 332 g/mol. The average molecular weight is 347 g/mol. The second-order valence-corrected chi connectivity index (χ2v) is 6.37. The van der Waals surface area contributed by atoms with Crippen molar-refractivity contribution in [3.05, 3.63) is 59.1 Å². The Bertz CT molecular complexity index is 801. The molecule has 1 amide bonds. The van der Waals surface area contributed by atoms with Gasteiger partial charge in [0.15, 0.2) is 5.13 Å². The van der Waals surface area contributed by atoms with Crippen molar-refractivity contribution in [3.8, 4) is 0 Å². The summed E-state index contributed by atoms with van der Waals surface area (Å²) < 4.78 is 6.18. The summed E-state index contributed by atoms with van der Waals surface area (Å²) in [6.07, 6.45) is 0. The summed E-state index contributed by atoms with van der Waals surface area (Å²) in [5.41, 5.74) is 1.42. The lowest BCUT2D eigenvalue weighted by Gasteiger charge is -2.19. The van der Waals surface area contributed by atoms with Gasteiger partial charge in [-0.05, 0) is 30.3 Å². The molecule has 6 heteroatoms. The molecule has 0 unspecified atom stereocenters. The zero-order chi connectivity index (χ0) is 16.2. The van der Waals surface area contributed by atoms with E-state index in [2.05, 4.69) is 4.98 Å². The van der Waals surface area contributed by atoms with Gasteiger partial charge in [-0.2, -0.15) is 0 Å². The van der Waals surface area contributed by atoms with Crippen LogP contribution in [0.5, 0.6) is 0 Å². The molecule has 2 aromatic carbocycles. The first-order valence-electron chi connectivity index (χ1n) is 7.11. The molecule has 4 nitrogen and oxygen atoms in total. The first-order chi connectivity index (χ1) is 11.2. The number of methoxy groups -OCH3 is 1. The van der Waals surface area contributed by atoms with E-state index in [1.165, 1.54) is 11.3 Å². The number of amides is 1. The molecule has 3 rings (SSSR count). The van der Waals surface area contributed by atoms with Crippen molar-refractivity contribution in [2.24, 2.45) is 0 Å². The molecule has 0 atom stereocenters. The molecule has 0 N–H and O–H groups in total. The van der Waals surface area contributed by atoms with Gasteiger partial charge in [-0.1, -0.05) is 41.1 Å². The van der Waals surface area contributed by atoms with Crippen LogP contribution in [0.3, 0.4) is 0 Å². The third kappa shape index (κ3) is 3.52. The number of aromatic nitrogens is 1. The smallest absolute Gasteiger partial charge is 0.260 e. The summed E-state index contributed by atoms with van der Waals surface area (Å²) in [4.78, 5) is 19.1. The Labute approximate surface area is 143 Å². The highest BCUT2D eigenvalue weighted by Crippen LogP contribution is 2.29. The molecule has 23 heavy (non-hydrogen) atoms. The molecule has 0 radical (unpaired) electrons. The Kier molecular flexibility index (Phi) is 4.91. The van der Waals surface area contributed by atoms with E-state index in [1.54, 1.807) is 36.3 Å². The van der Waals surface area contributed by atoms with E-state index in [1.807, 2.05) is 24.3 Å². The number of thiazole rings is 1. The third-order valence-corrected chi connectivity index (χ3v) is 4.64. The standard InChI is InChI=1S/C17H15ClN2O2S/c1-22-10-9-20(16(21)12-5-4-6-13(18)11-12)17-19-14-7-2-3-8-15(14)23-17/h2-8,11H,9-10H2,1H3. The molecular formula is C17H15ClN2O2S. The van der Waals surface area contributed by atoms with Gasteiger partial charge in [0, 0.05) is 17.7 Å². The van der Waals surface area contributed by atoms with Gasteiger partial charge in [-0.25, -0.2) is 4.98 Å². The van der Waals surface area contributed by atoms with Gasteiger partial charge in [-0.3, -0.25) is 9.69 Å². The van der Waals surface area contributed by atoms with Crippen molar-refractivity contribution in [1.82, 2.24) is 4.98 Å². The molecule has 0 saturated heterocycles. The third-order valence-electron chi connectivity index (χ3n) is 3.35. The number of benzene rings is 2. The van der Waals surface area contributed by atoms with Crippen molar-refractivity contribution >= 4 is 44.2 Å². The normalized spacial score (nSPS) is 10.9. The van der Waals surface area contributed by atoms with Crippen molar-refractivity contribution < 1.29 is 9.53 Å². The number of anilines is 1. The maximum Gasteiger partial charge on any atom is 0.260 e. The molecule has 0 spiro atoms. The molecule has 1 aromatic heterocycles. The second kappa shape index (κ2) is 7.08. The van der Waals surface area contributed by atoms with E-state index >= 15 is 0 Å². The Hall–Kier alpha value is -1.95. The molecule has 0 aliphatic rings. The first-order valence-corrected chi connectivity index (χ1v) is 8.30. The highest BCUT2D eigenvalue weighted by molar-refractivity contribution is 7.22. The number of hydrogen-bond donors (Lipinski definition) is 0. The monoisotopic (exact) mass is 346 g/mol. The molecule has 118 valence electrons. The lowest BCUT2D eigenvalue weighted by molar-refractivity contribution is 0.0976. The quantitative estimate of drug-likeness (QED) is 0.693. The first kappa shape index (κ1) is 15.9. The SMILES string of the molecule is COCCN(C(=O)c1cccc(Cl)c1)c1nc2ccccc2s1. The highest BCUT2D eigenvalue weighted by atomic mass is 35.5. The van der Waals surface area contributed by atoms with Crippen LogP contribution in [0.2, 0.25) is 5.02 Å². The Balaban J connectivity index is 1.98. The predicted molar refractivity (Wildman–Crippen MR) is 94.6 cm³/mol. The number of carbonyl (C=O) groups is 1.